The minimum atomic E-state index is -0.731. The van der Waals surface area contributed by atoms with E-state index < -0.39 is 17.1 Å². The Morgan fingerprint density at radius 1 is 1.29 bits per heavy atom. The Hall–Kier alpha value is -2.26. The fourth-order valence-corrected chi connectivity index (χ4v) is 4.12. The highest BCUT2D eigenvalue weighted by Crippen LogP contribution is 2.43. The third-order valence-electron chi connectivity index (χ3n) is 5.79. The van der Waals surface area contributed by atoms with Crippen LogP contribution < -0.4 is 32.5 Å². The molecule has 154 valence electrons. The molecule has 2 atom stereocenters. The first-order chi connectivity index (χ1) is 12.9. The van der Waals surface area contributed by atoms with Crippen LogP contribution in [0.25, 0.3) is 10.9 Å². The molecule has 28 heavy (non-hydrogen) atoms. The van der Waals surface area contributed by atoms with Gasteiger partial charge in [-0.25, -0.2) is 9.18 Å². The number of hydrogen-bond acceptors (Lipinski definition) is 6. The van der Waals surface area contributed by atoms with Crippen molar-refractivity contribution in [3.05, 3.63) is 32.7 Å². The van der Waals surface area contributed by atoms with Crippen molar-refractivity contribution in [3.63, 3.8) is 0 Å². The predicted molar refractivity (Wildman–Crippen MR) is 109 cm³/mol. The SMILES string of the molecule is COc1c(N2C[C@H](CN)[C@@H](C)C2)c(F)cc2c(=O)n(N)c(=O)n(C3CC3)c12.Cl. The Morgan fingerprint density at radius 3 is 2.50 bits per heavy atom. The molecule has 2 aliphatic rings. The number of anilines is 1. The van der Waals surface area contributed by atoms with E-state index in [4.69, 9.17) is 16.3 Å². The lowest BCUT2D eigenvalue weighted by atomic mass is 9.99. The maximum atomic E-state index is 15.1. The first-order valence-corrected chi connectivity index (χ1v) is 9.16. The molecular formula is C18H25ClFN5O3. The summed E-state index contributed by atoms with van der Waals surface area (Å²) in [6, 6.07) is 1.11. The maximum absolute atomic E-state index is 15.1. The lowest BCUT2D eigenvalue weighted by molar-refractivity contribution is 0.412. The van der Waals surface area contributed by atoms with Crippen LogP contribution in [0.3, 0.4) is 0 Å². The summed E-state index contributed by atoms with van der Waals surface area (Å²) in [5.74, 6) is 5.84. The van der Waals surface area contributed by atoms with E-state index in [2.05, 4.69) is 6.92 Å². The van der Waals surface area contributed by atoms with Crippen LogP contribution in [0.2, 0.25) is 0 Å². The second-order valence-electron chi connectivity index (χ2n) is 7.57. The minimum absolute atomic E-state index is 0. The molecule has 4 rings (SSSR count). The first-order valence-electron chi connectivity index (χ1n) is 9.16. The fourth-order valence-electron chi connectivity index (χ4n) is 4.12. The number of nitrogen functional groups attached to an aromatic ring is 1. The molecule has 1 aliphatic heterocycles. The summed E-state index contributed by atoms with van der Waals surface area (Å²) in [5, 5.41) is 0.0460. The Morgan fingerprint density at radius 2 is 1.96 bits per heavy atom. The normalized spacial score (nSPS) is 21.8. The van der Waals surface area contributed by atoms with Crippen molar-refractivity contribution >= 4 is 29.0 Å². The van der Waals surface area contributed by atoms with Crippen molar-refractivity contribution in [2.45, 2.75) is 25.8 Å². The number of benzene rings is 1. The van der Waals surface area contributed by atoms with Crippen molar-refractivity contribution in [2.24, 2.45) is 17.6 Å². The largest absolute Gasteiger partial charge is 0.492 e. The molecule has 2 heterocycles. The molecule has 0 spiro atoms. The van der Waals surface area contributed by atoms with Crippen LogP contribution in [-0.4, -0.2) is 36.0 Å². The van der Waals surface area contributed by atoms with Crippen LogP contribution in [0.1, 0.15) is 25.8 Å². The van der Waals surface area contributed by atoms with Gasteiger partial charge in [0, 0.05) is 19.1 Å². The summed E-state index contributed by atoms with van der Waals surface area (Å²) in [5.41, 5.74) is 5.09. The molecule has 2 fully saturated rings. The van der Waals surface area contributed by atoms with Gasteiger partial charge in [0.2, 0.25) is 0 Å². The second kappa shape index (κ2) is 7.29. The van der Waals surface area contributed by atoms with Crippen molar-refractivity contribution < 1.29 is 9.13 Å². The molecule has 2 aromatic rings. The Kier molecular flexibility index (Phi) is 5.33. The van der Waals surface area contributed by atoms with E-state index in [9.17, 15) is 9.59 Å². The number of aromatic nitrogens is 2. The van der Waals surface area contributed by atoms with Crippen LogP contribution in [-0.2, 0) is 0 Å². The summed E-state index contributed by atoms with van der Waals surface area (Å²) in [4.78, 5) is 27.1. The molecule has 0 bridgehead atoms. The minimum Gasteiger partial charge on any atom is -0.492 e. The third kappa shape index (κ3) is 2.93. The van der Waals surface area contributed by atoms with Gasteiger partial charge in [0.05, 0.1) is 12.5 Å². The van der Waals surface area contributed by atoms with Crippen LogP contribution in [0, 0.1) is 17.7 Å². The van der Waals surface area contributed by atoms with E-state index in [0.717, 1.165) is 18.9 Å². The van der Waals surface area contributed by atoms with E-state index in [1.165, 1.54) is 11.7 Å². The average Bonchev–Trinajstić information content (AvgIpc) is 3.41. The molecule has 1 saturated carbocycles. The molecule has 0 amide bonds. The van der Waals surface area contributed by atoms with Gasteiger partial charge in [-0.3, -0.25) is 9.36 Å². The summed E-state index contributed by atoms with van der Waals surface area (Å²) in [7, 11) is 1.42. The molecule has 4 N–H and O–H groups in total. The number of nitrogens with zero attached hydrogens (tertiary/aromatic N) is 3. The van der Waals surface area contributed by atoms with E-state index in [1.807, 2.05) is 4.90 Å². The van der Waals surface area contributed by atoms with Gasteiger partial charge in [0.25, 0.3) is 5.56 Å². The Balaban J connectivity index is 0.00000225. The molecule has 1 aliphatic carbocycles. The lowest BCUT2D eigenvalue weighted by Gasteiger charge is -2.24. The van der Waals surface area contributed by atoms with Gasteiger partial charge in [0.1, 0.15) is 11.2 Å². The number of nitrogens with two attached hydrogens (primary N) is 2. The van der Waals surface area contributed by atoms with Crippen LogP contribution in [0.15, 0.2) is 15.7 Å². The molecule has 1 aromatic carbocycles. The zero-order valence-electron chi connectivity index (χ0n) is 15.9. The number of ether oxygens (including phenoxy) is 1. The number of hydrogen-bond donors (Lipinski definition) is 2. The van der Waals surface area contributed by atoms with E-state index in [1.54, 1.807) is 0 Å². The number of rotatable bonds is 4. The molecule has 8 nitrogen and oxygen atoms in total. The van der Waals surface area contributed by atoms with Gasteiger partial charge in [-0.15, -0.1) is 12.4 Å². The summed E-state index contributed by atoms with van der Waals surface area (Å²) < 4.78 is 22.7. The molecular weight excluding hydrogens is 389 g/mol. The summed E-state index contributed by atoms with van der Waals surface area (Å²) in [6.45, 7) is 3.82. The Bertz CT molecular complexity index is 1030. The highest BCUT2D eigenvalue weighted by Gasteiger charge is 2.35. The first kappa shape index (κ1) is 20.5. The molecule has 1 aromatic heterocycles. The van der Waals surface area contributed by atoms with Crippen LogP contribution >= 0.6 is 12.4 Å². The highest BCUT2D eigenvalue weighted by atomic mass is 35.5. The topological polar surface area (TPSA) is 109 Å². The zero-order valence-corrected chi connectivity index (χ0v) is 16.7. The number of fused-ring (bicyclic) bond motifs is 1. The van der Waals surface area contributed by atoms with E-state index in [0.29, 0.717) is 35.7 Å². The lowest BCUT2D eigenvalue weighted by Crippen LogP contribution is -2.44. The van der Waals surface area contributed by atoms with Gasteiger partial charge < -0.3 is 21.2 Å². The zero-order chi connectivity index (χ0) is 19.5. The monoisotopic (exact) mass is 413 g/mol. The molecule has 1 saturated heterocycles. The van der Waals surface area contributed by atoms with Crippen LogP contribution in [0.5, 0.6) is 5.75 Å². The average molecular weight is 414 g/mol. The van der Waals surface area contributed by atoms with Gasteiger partial charge in [-0.2, -0.15) is 4.68 Å². The van der Waals surface area contributed by atoms with Gasteiger partial charge in [-0.1, -0.05) is 6.92 Å². The number of halogens is 2. The Labute approximate surface area is 167 Å². The van der Waals surface area contributed by atoms with Crippen molar-refractivity contribution in [3.8, 4) is 5.75 Å². The van der Waals surface area contributed by atoms with Gasteiger partial charge >= 0.3 is 5.69 Å². The van der Waals surface area contributed by atoms with Gasteiger partial charge in [-0.05, 0) is 37.3 Å². The maximum Gasteiger partial charge on any atom is 0.350 e. The second-order valence-corrected chi connectivity index (χ2v) is 7.57. The molecule has 10 heteroatoms. The molecule has 0 radical (unpaired) electrons. The van der Waals surface area contributed by atoms with Crippen molar-refractivity contribution in [1.29, 1.82) is 0 Å². The van der Waals surface area contributed by atoms with E-state index in [-0.39, 0.29) is 41.2 Å². The smallest absolute Gasteiger partial charge is 0.350 e. The summed E-state index contributed by atoms with van der Waals surface area (Å²) in [6.07, 6.45) is 1.61. The van der Waals surface area contributed by atoms with Gasteiger partial charge in [0.15, 0.2) is 11.6 Å². The third-order valence-corrected chi connectivity index (χ3v) is 5.79. The predicted octanol–water partition coefficient (Wildman–Crippen LogP) is 0.812. The molecule has 0 unspecified atom stereocenters. The van der Waals surface area contributed by atoms with Crippen molar-refractivity contribution in [2.75, 3.05) is 37.5 Å². The van der Waals surface area contributed by atoms with Crippen LogP contribution in [0.4, 0.5) is 10.1 Å². The van der Waals surface area contributed by atoms with E-state index >= 15 is 4.39 Å². The number of methoxy groups -OCH3 is 1. The summed E-state index contributed by atoms with van der Waals surface area (Å²) >= 11 is 0. The van der Waals surface area contributed by atoms with Crippen molar-refractivity contribution in [1.82, 2.24) is 9.24 Å². The fraction of sp³-hybridized carbons (Fsp3) is 0.556. The highest BCUT2D eigenvalue weighted by molar-refractivity contribution is 5.91. The standard InChI is InChI=1S/C18H24FN5O3.ClH/c1-9-7-22(8-10(9)6-20)15-13(19)5-12-14(16(15)27-2)23(11-3-4-11)18(26)24(21)17(12)25;/h5,9-11H,3-4,6-8,20-21H2,1-2H3;1H/t9-,10-;/m0./s1. The quantitative estimate of drug-likeness (QED) is 0.718.